The summed E-state index contributed by atoms with van der Waals surface area (Å²) in [6.07, 6.45) is 1.17. The lowest BCUT2D eigenvalue weighted by atomic mass is 10.5. The molecule has 1 atom stereocenters. The van der Waals surface area contributed by atoms with E-state index in [0.717, 1.165) is 6.61 Å². The summed E-state index contributed by atoms with van der Waals surface area (Å²) in [6.45, 7) is 0.949. The van der Waals surface area contributed by atoms with E-state index in [1.807, 2.05) is 0 Å². The van der Waals surface area contributed by atoms with Crippen molar-refractivity contribution < 1.29 is 8.53 Å². The van der Waals surface area contributed by atoms with E-state index < -0.39 is 17.2 Å². The summed E-state index contributed by atoms with van der Waals surface area (Å²) in [5, 5.41) is 0. The third-order valence-electron chi connectivity index (χ3n) is 1.47. The second-order valence-corrected chi connectivity index (χ2v) is 17.9. The highest BCUT2D eigenvalue weighted by molar-refractivity contribution is 7.36. The van der Waals surface area contributed by atoms with Gasteiger partial charge < -0.3 is 8.53 Å². The quantitative estimate of drug-likeness (QED) is 0.350. The molecule has 5 heteroatoms. The Morgan fingerprint density at radius 1 is 1.75 bits per heavy atom. The van der Waals surface area contributed by atoms with Crippen LogP contribution in [0.5, 0.6) is 0 Å². The largest absolute Gasteiger partial charge is 0.428 e. The van der Waals surface area contributed by atoms with Crippen molar-refractivity contribution in [3.8, 4) is 0 Å². The second kappa shape index (κ2) is 3.54. The Kier molecular flexibility index (Phi) is 2.95. The number of halogens is 1. The highest BCUT2D eigenvalue weighted by Crippen LogP contribution is 2.02. The molecule has 1 saturated heterocycles. The van der Waals surface area contributed by atoms with E-state index in [1.165, 1.54) is 12.5 Å². The lowest BCUT2D eigenvalue weighted by Crippen LogP contribution is -2.34. The van der Waals surface area contributed by atoms with Gasteiger partial charge in [-0.1, -0.05) is 6.04 Å². The Morgan fingerprint density at radius 2 is 2.62 bits per heavy atom. The zero-order valence-corrected chi connectivity index (χ0v) is 8.88. The topological polar surface area (TPSA) is 9.23 Å². The minimum atomic E-state index is -1.06. The third-order valence-corrected chi connectivity index (χ3v) is 14.1. The van der Waals surface area contributed by atoms with E-state index in [1.54, 1.807) is 0 Å². The van der Waals surface area contributed by atoms with Crippen LogP contribution < -0.4 is 0 Å². The van der Waals surface area contributed by atoms with Gasteiger partial charge >= 0.3 is 0 Å². The van der Waals surface area contributed by atoms with Crippen LogP contribution in [0.2, 0.25) is 6.04 Å². The summed E-state index contributed by atoms with van der Waals surface area (Å²) < 4.78 is 17.3. The molecule has 8 heavy (non-hydrogen) atoms. The van der Waals surface area contributed by atoms with Gasteiger partial charge in [0, 0.05) is 6.61 Å². The minimum Gasteiger partial charge on any atom is -0.428 e. The first-order valence-electron chi connectivity index (χ1n) is 3.07. The van der Waals surface area contributed by atoms with Gasteiger partial charge in [0.1, 0.15) is 9.28 Å². The molecule has 0 amide bonds. The highest BCUT2D eigenvalue weighted by Gasteiger charge is 2.16. The number of rotatable bonds is 1. The first-order chi connectivity index (χ1) is 3.93. The molecule has 0 aliphatic carbocycles. The van der Waals surface area contributed by atoms with E-state index in [0.29, 0.717) is 0 Å². The van der Waals surface area contributed by atoms with E-state index in [4.69, 9.17) is 4.43 Å². The third kappa shape index (κ3) is 1.81. The second-order valence-electron chi connectivity index (χ2n) is 2.24. The minimum absolute atomic E-state index is 0.252. The summed E-state index contributed by atoms with van der Waals surface area (Å²) >= 11 is 0. The van der Waals surface area contributed by atoms with Crippen LogP contribution in [0.1, 0.15) is 6.42 Å². The van der Waals surface area contributed by atoms with Crippen LogP contribution in [0, 0.1) is 0 Å². The Labute approximate surface area is 54.7 Å². The molecule has 0 saturated carbocycles. The fourth-order valence-corrected chi connectivity index (χ4v) is 9.55. The predicted octanol–water partition coefficient (Wildman–Crippen LogP) is -1.24. The summed E-state index contributed by atoms with van der Waals surface area (Å²) in [7, 11) is -2.02. The maximum Gasteiger partial charge on any atom is 0.200 e. The molecule has 1 unspecified atom stereocenters. The molecule has 1 rings (SSSR count). The summed E-state index contributed by atoms with van der Waals surface area (Å²) in [5.74, 6) is 0. The molecule has 1 aliphatic rings. The molecule has 0 N–H and O–H groups in total. The normalized spacial score (nSPS) is 34.9. The maximum atomic E-state index is 12.0. The van der Waals surface area contributed by atoms with Gasteiger partial charge in [0.05, 0.1) is 7.83 Å². The van der Waals surface area contributed by atoms with Gasteiger partial charge in [0.15, 0.2) is 0 Å². The van der Waals surface area contributed by atoms with Crippen LogP contribution in [0.4, 0.5) is 4.11 Å². The van der Waals surface area contributed by atoms with Crippen LogP contribution >= 0.6 is 0 Å². The molecule has 48 valence electrons. The summed E-state index contributed by atoms with van der Waals surface area (Å²) in [5.41, 5.74) is 0. The van der Waals surface area contributed by atoms with Crippen molar-refractivity contribution in [3.63, 3.8) is 0 Å². The number of hydrogen-bond donors (Lipinski definition) is 0. The van der Waals surface area contributed by atoms with Crippen molar-refractivity contribution in [2.24, 2.45) is 0 Å². The van der Waals surface area contributed by atoms with E-state index in [2.05, 4.69) is 0 Å². The molecule has 0 bridgehead atoms. The monoisotopic (exact) mass is 166 g/mol. The molecule has 0 aromatic rings. The molecule has 1 nitrogen and oxygen atoms in total. The van der Waals surface area contributed by atoms with E-state index >= 15 is 0 Å². The average molecular weight is 166 g/mol. The zero-order valence-electron chi connectivity index (χ0n) is 4.90. The van der Waals surface area contributed by atoms with Gasteiger partial charge in [-0.3, -0.25) is 0 Å². The molecular weight excluding hydrogens is 155 g/mol. The van der Waals surface area contributed by atoms with Gasteiger partial charge in [-0.25, -0.2) is 0 Å². The Balaban J connectivity index is 2.13. The lowest BCUT2D eigenvalue weighted by Gasteiger charge is -2.15. The molecule has 0 aromatic heterocycles. The van der Waals surface area contributed by atoms with Crippen molar-refractivity contribution in [1.29, 1.82) is 0 Å². The van der Waals surface area contributed by atoms with Crippen LogP contribution in [0.15, 0.2) is 0 Å². The summed E-state index contributed by atoms with van der Waals surface area (Å²) in [6, 6.07) is 1.27. The maximum absolute atomic E-state index is 12.0. The van der Waals surface area contributed by atoms with E-state index in [-0.39, 0.29) is 9.28 Å². The van der Waals surface area contributed by atoms with Crippen LogP contribution in [0.25, 0.3) is 0 Å². The van der Waals surface area contributed by atoms with Crippen molar-refractivity contribution in [1.82, 2.24) is 0 Å². The molecule has 0 radical (unpaired) electrons. The molecule has 1 heterocycles. The molecule has 0 spiro atoms. The fourth-order valence-electron chi connectivity index (χ4n) is 0.929. The van der Waals surface area contributed by atoms with Crippen LogP contribution in [-0.4, -0.2) is 33.1 Å². The van der Waals surface area contributed by atoms with Crippen LogP contribution in [0.3, 0.4) is 0 Å². The Bertz CT molecular complexity index is 65.5. The SMILES string of the molecule is F[SiH2][SiH]1CCCO[SiH2]1. The Morgan fingerprint density at radius 3 is 3.00 bits per heavy atom. The highest BCUT2D eigenvalue weighted by atomic mass is 29.6. The standard InChI is InChI=1S/C3H11FOSi3/c4-6-8-3-1-2-5-7-8/h8H,1-3,6-7H2. The fraction of sp³-hybridized carbons (Fsp3) is 1.00. The summed E-state index contributed by atoms with van der Waals surface area (Å²) in [4.78, 5) is 0. The predicted molar refractivity (Wildman–Crippen MR) is 40.7 cm³/mol. The average Bonchev–Trinajstić information content (AvgIpc) is 1.90. The molecular formula is C3H11FOSi3. The van der Waals surface area contributed by atoms with Gasteiger partial charge in [0.2, 0.25) is 9.37 Å². The van der Waals surface area contributed by atoms with E-state index in [9.17, 15) is 4.11 Å². The Hall–Kier alpha value is 0.541. The zero-order chi connectivity index (χ0) is 5.82. The lowest BCUT2D eigenvalue weighted by molar-refractivity contribution is 0.336. The van der Waals surface area contributed by atoms with Crippen molar-refractivity contribution in [3.05, 3.63) is 0 Å². The molecule has 1 fully saturated rings. The molecule has 1 aliphatic heterocycles. The van der Waals surface area contributed by atoms with Gasteiger partial charge in [-0.05, 0) is 6.42 Å². The first-order valence-corrected chi connectivity index (χ1v) is 11.5. The van der Waals surface area contributed by atoms with Gasteiger partial charge in [-0.2, -0.15) is 0 Å². The smallest absolute Gasteiger partial charge is 0.200 e. The first kappa shape index (κ1) is 6.66. The van der Waals surface area contributed by atoms with Crippen molar-refractivity contribution >= 4 is 26.5 Å². The number of hydrogen-bond acceptors (Lipinski definition) is 1. The van der Waals surface area contributed by atoms with Crippen LogP contribution in [-0.2, 0) is 4.43 Å². The van der Waals surface area contributed by atoms with Crippen molar-refractivity contribution in [2.75, 3.05) is 6.61 Å². The van der Waals surface area contributed by atoms with Crippen molar-refractivity contribution in [2.45, 2.75) is 12.5 Å². The van der Waals surface area contributed by atoms with Gasteiger partial charge in [0.25, 0.3) is 0 Å². The molecule has 0 aromatic carbocycles. The van der Waals surface area contributed by atoms with Gasteiger partial charge in [-0.15, -0.1) is 0 Å².